The summed E-state index contributed by atoms with van der Waals surface area (Å²) in [7, 11) is 0. The fourth-order valence-electron chi connectivity index (χ4n) is 3.75. The summed E-state index contributed by atoms with van der Waals surface area (Å²) in [6.45, 7) is 4.55. The van der Waals surface area contributed by atoms with E-state index < -0.39 is 0 Å². The van der Waals surface area contributed by atoms with Crippen LogP contribution in [0.5, 0.6) is 0 Å². The first-order chi connectivity index (χ1) is 13.5. The van der Waals surface area contributed by atoms with E-state index in [0.717, 1.165) is 17.1 Å². The predicted octanol–water partition coefficient (Wildman–Crippen LogP) is 4.09. The Hall–Kier alpha value is -3.34. The summed E-state index contributed by atoms with van der Waals surface area (Å²) in [6, 6.07) is 21.4. The van der Waals surface area contributed by atoms with Crippen molar-refractivity contribution in [3.8, 4) is 5.69 Å². The maximum absolute atomic E-state index is 12.7. The van der Waals surface area contributed by atoms with Crippen LogP contribution < -0.4 is 10.2 Å². The molecule has 5 nitrogen and oxygen atoms in total. The largest absolute Gasteiger partial charge is 0.326 e. The van der Waals surface area contributed by atoms with E-state index in [2.05, 4.69) is 35.9 Å². The van der Waals surface area contributed by atoms with Crippen molar-refractivity contribution in [2.75, 3.05) is 16.8 Å². The zero-order valence-electron chi connectivity index (χ0n) is 16.1. The standard InChI is InChI=1S/C23H23N3O2/c1-16-8-9-17(2)26(16)21-12-10-19(11-13-21)24-23(28)18-14-22(27)25(15-18)20-6-4-3-5-7-20/h3-13,18H,14-15H2,1-2H3,(H,24,28)/t18-/m1/s1. The molecular formula is C23H23N3O2. The van der Waals surface area contributed by atoms with Crippen molar-refractivity contribution in [1.29, 1.82) is 0 Å². The van der Waals surface area contributed by atoms with Gasteiger partial charge in [-0.05, 0) is 62.4 Å². The van der Waals surface area contributed by atoms with Crippen LogP contribution in [-0.2, 0) is 9.59 Å². The minimum Gasteiger partial charge on any atom is -0.326 e. The maximum atomic E-state index is 12.7. The van der Waals surface area contributed by atoms with Crippen molar-refractivity contribution in [2.24, 2.45) is 5.92 Å². The normalized spacial score (nSPS) is 16.4. The molecular weight excluding hydrogens is 350 g/mol. The highest BCUT2D eigenvalue weighted by atomic mass is 16.2. The number of aryl methyl sites for hydroxylation is 2. The molecule has 1 N–H and O–H groups in total. The van der Waals surface area contributed by atoms with Gasteiger partial charge in [-0.1, -0.05) is 18.2 Å². The maximum Gasteiger partial charge on any atom is 0.229 e. The molecule has 0 bridgehead atoms. The molecule has 0 unspecified atom stereocenters. The van der Waals surface area contributed by atoms with Gasteiger partial charge in [-0.3, -0.25) is 9.59 Å². The summed E-state index contributed by atoms with van der Waals surface area (Å²) in [5, 5.41) is 2.95. The number of hydrogen-bond acceptors (Lipinski definition) is 2. The van der Waals surface area contributed by atoms with Gasteiger partial charge in [0, 0.05) is 41.4 Å². The molecule has 4 rings (SSSR count). The van der Waals surface area contributed by atoms with E-state index in [1.165, 1.54) is 11.4 Å². The lowest BCUT2D eigenvalue weighted by Gasteiger charge is -2.16. The van der Waals surface area contributed by atoms with Crippen molar-refractivity contribution in [1.82, 2.24) is 4.57 Å². The van der Waals surface area contributed by atoms with E-state index in [1.54, 1.807) is 4.90 Å². The summed E-state index contributed by atoms with van der Waals surface area (Å²) >= 11 is 0. The molecule has 1 atom stereocenters. The van der Waals surface area contributed by atoms with Crippen LogP contribution >= 0.6 is 0 Å². The lowest BCUT2D eigenvalue weighted by atomic mass is 10.1. The number of amides is 2. The summed E-state index contributed by atoms with van der Waals surface area (Å²) in [5.74, 6) is -0.477. The van der Waals surface area contributed by atoms with Gasteiger partial charge in [-0.15, -0.1) is 0 Å². The van der Waals surface area contributed by atoms with Crippen LogP contribution in [0, 0.1) is 19.8 Å². The monoisotopic (exact) mass is 373 g/mol. The Kier molecular flexibility index (Phi) is 4.74. The van der Waals surface area contributed by atoms with Gasteiger partial charge in [0.1, 0.15) is 0 Å². The number of rotatable bonds is 4. The Balaban J connectivity index is 1.44. The Bertz CT molecular complexity index is 987. The SMILES string of the molecule is Cc1ccc(C)n1-c1ccc(NC(=O)[C@@H]2CC(=O)N(c3ccccc3)C2)cc1. The zero-order chi connectivity index (χ0) is 19.7. The number of nitrogens with one attached hydrogen (secondary N) is 1. The van der Waals surface area contributed by atoms with Crippen molar-refractivity contribution >= 4 is 23.2 Å². The summed E-state index contributed by atoms with van der Waals surface area (Å²) in [4.78, 5) is 26.7. The van der Waals surface area contributed by atoms with Gasteiger partial charge >= 0.3 is 0 Å². The molecule has 1 aliphatic rings. The van der Waals surface area contributed by atoms with Crippen LogP contribution in [0.2, 0.25) is 0 Å². The molecule has 0 saturated carbocycles. The number of anilines is 2. The van der Waals surface area contributed by atoms with Crippen molar-refractivity contribution in [3.05, 3.63) is 78.1 Å². The van der Waals surface area contributed by atoms with Crippen LogP contribution in [0.25, 0.3) is 5.69 Å². The van der Waals surface area contributed by atoms with Crippen molar-refractivity contribution < 1.29 is 9.59 Å². The fraction of sp³-hybridized carbons (Fsp3) is 0.217. The second kappa shape index (κ2) is 7.35. The van der Waals surface area contributed by atoms with Crippen LogP contribution in [0.15, 0.2) is 66.7 Å². The quantitative estimate of drug-likeness (QED) is 0.749. The molecule has 2 aromatic carbocycles. The molecule has 1 aromatic heterocycles. The molecule has 0 radical (unpaired) electrons. The molecule has 5 heteroatoms. The van der Waals surface area contributed by atoms with E-state index in [0.29, 0.717) is 6.54 Å². The Labute approximate surface area is 164 Å². The van der Waals surface area contributed by atoms with Gasteiger partial charge in [0.2, 0.25) is 11.8 Å². The average Bonchev–Trinajstić information content (AvgIpc) is 3.25. The predicted molar refractivity (Wildman–Crippen MR) is 111 cm³/mol. The molecule has 0 spiro atoms. The number of carbonyl (C=O) groups is 2. The van der Waals surface area contributed by atoms with Crippen LogP contribution in [-0.4, -0.2) is 22.9 Å². The second-order valence-electron chi connectivity index (χ2n) is 7.23. The first-order valence-electron chi connectivity index (χ1n) is 9.44. The lowest BCUT2D eigenvalue weighted by Crippen LogP contribution is -2.28. The summed E-state index contributed by atoms with van der Waals surface area (Å²) in [5.41, 5.74) is 4.97. The third-order valence-electron chi connectivity index (χ3n) is 5.23. The number of carbonyl (C=O) groups excluding carboxylic acids is 2. The highest BCUT2D eigenvalue weighted by molar-refractivity contribution is 6.03. The molecule has 1 saturated heterocycles. The molecule has 3 aromatic rings. The minimum absolute atomic E-state index is 0.0137. The third-order valence-corrected chi connectivity index (χ3v) is 5.23. The summed E-state index contributed by atoms with van der Waals surface area (Å²) < 4.78 is 2.17. The smallest absolute Gasteiger partial charge is 0.229 e. The number of benzene rings is 2. The van der Waals surface area contributed by atoms with E-state index in [9.17, 15) is 9.59 Å². The molecule has 142 valence electrons. The molecule has 1 aliphatic heterocycles. The molecule has 0 aliphatic carbocycles. The highest BCUT2D eigenvalue weighted by Gasteiger charge is 2.35. The van der Waals surface area contributed by atoms with Crippen LogP contribution in [0.4, 0.5) is 11.4 Å². The van der Waals surface area contributed by atoms with Gasteiger partial charge in [-0.25, -0.2) is 0 Å². The number of para-hydroxylation sites is 1. The molecule has 2 heterocycles. The Morgan fingerprint density at radius 1 is 0.893 bits per heavy atom. The van der Waals surface area contributed by atoms with Gasteiger partial charge < -0.3 is 14.8 Å². The molecule has 28 heavy (non-hydrogen) atoms. The number of aromatic nitrogens is 1. The van der Waals surface area contributed by atoms with E-state index in [4.69, 9.17) is 0 Å². The van der Waals surface area contributed by atoms with E-state index >= 15 is 0 Å². The summed E-state index contributed by atoms with van der Waals surface area (Å²) in [6.07, 6.45) is 0.237. The average molecular weight is 373 g/mol. The van der Waals surface area contributed by atoms with Crippen LogP contribution in [0.1, 0.15) is 17.8 Å². The van der Waals surface area contributed by atoms with Gasteiger partial charge in [0.05, 0.1) is 5.92 Å². The first kappa shape index (κ1) is 18.0. The zero-order valence-corrected chi connectivity index (χ0v) is 16.1. The molecule has 1 fully saturated rings. The van der Waals surface area contributed by atoms with Gasteiger partial charge in [-0.2, -0.15) is 0 Å². The van der Waals surface area contributed by atoms with Crippen molar-refractivity contribution in [3.63, 3.8) is 0 Å². The first-order valence-corrected chi connectivity index (χ1v) is 9.44. The minimum atomic E-state index is -0.346. The number of hydrogen-bond donors (Lipinski definition) is 1. The van der Waals surface area contributed by atoms with E-state index in [1.807, 2.05) is 54.6 Å². The van der Waals surface area contributed by atoms with E-state index in [-0.39, 0.29) is 24.2 Å². The fourth-order valence-corrected chi connectivity index (χ4v) is 3.75. The van der Waals surface area contributed by atoms with Crippen LogP contribution in [0.3, 0.4) is 0 Å². The number of nitrogens with zero attached hydrogens (tertiary/aromatic N) is 2. The third kappa shape index (κ3) is 3.43. The lowest BCUT2D eigenvalue weighted by molar-refractivity contribution is -0.122. The highest BCUT2D eigenvalue weighted by Crippen LogP contribution is 2.26. The van der Waals surface area contributed by atoms with Crippen molar-refractivity contribution in [2.45, 2.75) is 20.3 Å². The molecule has 2 amide bonds. The Morgan fingerprint density at radius 2 is 1.54 bits per heavy atom. The second-order valence-corrected chi connectivity index (χ2v) is 7.23. The topological polar surface area (TPSA) is 54.3 Å². The van der Waals surface area contributed by atoms with Gasteiger partial charge in [0.15, 0.2) is 0 Å². The Morgan fingerprint density at radius 3 is 2.18 bits per heavy atom. The van der Waals surface area contributed by atoms with Gasteiger partial charge in [0.25, 0.3) is 0 Å².